The average molecular weight is 189 g/mol. The summed E-state index contributed by atoms with van der Waals surface area (Å²) < 4.78 is 1.33. The lowest BCUT2D eigenvalue weighted by Crippen LogP contribution is -1.92. The molecule has 0 amide bonds. The van der Waals surface area contributed by atoms with Gasteiger partial charge in [0.25, 0.3) is 0 Å². The number of fused-ring (bicyclic) bond motifs is 1. The molecule has 0 aliphatic heterocycles. The Labute approximate surface area is 81.7 Å². The smallest absolute Gasteiger partial charge is 0.0388 e. The van der Waals surface area contributed by atoms with E-state index in [1.165, 1.54) is 10.1 Å². The molecule has 1 aromatic carbocycles. The minimum atomic E-state index is 0.967. The highest BCUT2D eigenvalue weighted by Crippen LogP contribution is 2.24. The number of benzene rings is 1. The van der Waals surface area contributed by atoms with E-state index in [0.717, 1.165) is 11.4 Å². The molecule has 0 bridgehead atoms. The van der Waals surface area contributed by atoms with Gasteiger partial charge >= 0.3 is 0 Å². The van der Waals surface area contributed by atoms with Crippen molar-refractivity contribution in [2.24, 2.45) is 0 Å². The molecule has 0 fully saturated rings. The molecule has 0 saturated carbocycles. The van der Waals surface area contributed by atoms with Crippen LogP contribution in [0.25, 0.3) is 10.1 Å². The second-order valence-corrected chi connectivity index (χ2v) is 4.03. The van der Waals surface area contributed by atoms with Crippen LogP contribution in [0.2, 0.25) is 0 Å². The van der Waals surface area contributed by atoms with Crippen molar-refractivity contribution in [3.63, 3.8) is 0 Å². The Morgan fingerprint density at radius 1 is 1.38 bits per heavy atom. The standard InChI is InChI=1S/C11H11NS/c1-8(2)12-10-3-4-11-9(7-10)5-6-13-11/h3-7,12H,1H2,2H3. The number of thiophene rings is 1. The number of hydrogen-bond donors (Lipinski definition) is 1. The second kappa shape index (κ2) is 3.23. The van der Waals surface area contributed by atoms with Crippen LogP contribution in [0.1, 0.15) is 6.92 Å². The highest BCUT2D eigenvalue weighted by Gasteiger charge is 1.96. The van der Waals surface area contributed by atoms with Gasteiger partial charge < -0.3 is 5.32 Å². The maximum Gasteiger partial charge on any atom is 0.0388 e. The molecule has 0 spiro atoms. The lowest BCUT2D eigenvalue weighted by atomic mass is 10.2. The number of hydrogen-bond acceptors (Lipinski definition) is 2. The minimum Gasteiger partial charge on any atom is -0.360 e. The summed E-state index contributed by atoms with van der Waals surface area (Å²) in [7, 11) is 0. The van der Waals surface area contributed by atoms with Gasteiger partial charge in [0.1, 0.15) is 0 Å². The number of rotatable bonds is 2. The summed E-state index contributed by atoms with van der Waals surface area (Å²) in [5.74, 6) is 0. The highest BCUT2D eigenvalue weighted by molar-refractivity contribution is 7.17. The fourth-order valence-electron chi connectivity index (χ4n) is 1.29. The predicted molar refractivity (Wildman–Crippen MR) is 60.3 cm³/mol. The van der Waals surface area contributed by atoms with E-state index in [9.17, 15) is 0 Å². The molecule has 1 N–H and O–H groups in total. The van der Waals surface area contributed by atoms with Gasteiger partial charge in [0, 0.05) is 16.1 Å². The second-order valence-electron chi connectivity index (χ2n) is 3.08. The van der Waals surface area contributed by atoms with Gasteiger partial charge in [-0.15, -0.1) is 11.3 Å². The minimum absolute atomic E-state index is 0.967. The number of allylic oxidation sites excluding steroid dienone is 1. The third-order valence-electron chi connectivity index (χ3n) is 1.81. The van der Waals surface area contributed by atoms with Crippen molar-refractivity contribution in [2.75, 3.05) is 5.32 Å². The SMILES string of the molecule is C=C(C)Nc1ccc2sccc2c1. The third-order valence-corrected chi connectivity index (χ3v) is 2.71. The normalized spacial score (nSPS) is 10.2. The van der Waals surface area contributed by atoms with Crippen molar-refractivity contribution >= 4 is 27.1 Å². The lowest BCUT2D eigenvalue weighted by Gasteiger charge is -2.04. The van der Waals surface area contributed by atoms with Crippen LogP contribution in [-0.2, 0) is 0 Å². The molecule has 66 valence electrons. The Hall–Kier alpha value is -1.28. The Morgan fingerprint density at radius 2 is 2.23 bits per heavy atom. The quantitative estimate of drug-likeness (QED) is 0.756. The van der Waals surface area contributed by atoms with Crippen LogP contribution in [0.4, 0.5) is 5.69 Å². The first-order chi connectivity index (χ1) is 6.25. The highest BCUT2D eigenvalue weighted by atomic mass is 32.1. The molecule has 13 heavy (non-hydrogen) atoms. The van der Waals surface area contributed by atoms with E-state index in [4.69, 9.17) is 0 Å². The van der Waals surface area contributed by atoms with Crippen molar-refractivity contribution in [1.29, 1.82) is 0 Å². The van der Waals surface area contributed by atoms with Crippen LogP contribution < -0.4 is 5.32 Å². The Morgan fingerprint density at radius 3 is 3.00 bits per heavy atom. The Balaban J connectivity index is 2.42. The van der Waals surface area contributed by atoms with Gasteiger partial charge in [0.2, 0.25) is 0 Å². The van der Waals surface area contributed by atoms with E-state index in [2.05, 4.69) is 41.5 Å². The van der Waals surface area contributed by atoms with Crippen LogP contribution >= 0.6 is 11.3 Å². The van der Waals surface area contributed by atoms with Gasteiger partial charge in [-0.1, -0.05) is 6.58 Å². The summed E-state index contributed by atoms with van der Waals surface area (Å²) in [4.78, 5) is 0. The fraction of sp³-hybridized carbons (Fsp3) is 0.0909. The number of anilines is 1. The molecule has 0 aliphatic carbocycles. The van der Waals surface area contributed by atoms with Gasteiger partial charge in [-0.2, -0.15) is 0 Å². The third kappa shape index (κ3) is 1.73. The Bertz CT molecular complexity index is 442. The van der Waals surface area contributed by atoms with Crippen LogP contribution in [0.15, 0.2) is 41.9 Å². The molecule has 0 unspecified atom stereocenters. The number of nitrogens with one attached hydrogen (secondary N) is 1. The topological polar surface area (TPSA) is 12.0 Å². The summed E-state index contributed by atoms with van der Waals surface area (Å²) in [6.45, 7) is 5.77. The molecular weight excluding hydrogens is 178 g/mol. The van der Waals surface area contributed by atoms with Crippen molar-refractivity contribution < 1.29 is 0 Å². The van der Waals surface area contributed by atoms with Gasteiger partial charge in [0.05, 0.1) is 0 Å². The van der Waals surface area contributed by atoms with Crippen LogP contribution in [0.5, 0.6) is 0 Å². The zero-order valence-electron chi connectivity index (χ0n) is 7.50. The van der Waals surface area contributed by atoms with Crippen molar-refractivity contribution in [3.8, 4) is 0 Å². The van der Waals surface area contributed by atoms with Crippen LogP contribution in [-0.4, -0.2) is 0 Å². The van der Waals surface area contributed by atoms with E-state index < -0.39 is 0 Å². The average Bonchev–Trinajstić information content (AvgIpc) is 2.49. The van der Waals surface area contributed by atoms with Gasteiger partial charge in [0.15, 0.2) is 0 Å². The first-order valence-corrected chi connectivity index (χ1v) is 5.03. The zero-order chi connectivity index (χ0) is 9.26. The molecule has 1 nitrogen and oxygen atoms in total. The molecule has 1 heterocycles. The molecule has 2 aromatic rings. The molecular formula is C11H11NS. The van der Waals surface area contributed by atoms with Gasteiger partial charge in [-0.05, 0) is 42.0 Å². The summed E-state index contributed by atoms with van der Waals surface area (Å²) >= 11 is 1.76. The molecule has 0 aliphatic rings. The van der Waals surface area contributed by atoms with Gasteiger partial charge in [-0.3, -0.25) is 0 Å². The molecule has 0 saturated heterocycles. The summed E-state index contributed by atoms with van der Waals surface area (Å²) in [5.41, 5.74) is 2.08. The molecule has 2 rings (SSSR count). The molecule has 0 radical (unpaired) electrons. The van der Waals surface area contributed by atoms with E-state index in [1.54, 1.807) is 11.3 Å². The van der Waals surface area contributed by atoms with E-state index in [0.29, 0.717) is 0 Å². The van der Waals surface area contributed by atoms with E-state index >= 15 is 0 Å². The first kappa shape index (κ1) is 8.32. The summed E-state index contributed by atoms with van der Waals surface area (Å²) in [5, 5.41) is 6.59. The predicted octanol–water partition coefficient (Wildman–Crippen LogP) is 3.85. The summed E-state index contributed by atoms with van der Waals surface area (Å²) in [6.07, 6.45) is 0. The first-order valence-electron chi connectivity index (χ1n) is 4.15. The van der Waals surface area contributed by atoms with Crippen LogP contribution in [0, 0.1) is 0 Å². The largest absolute Gasteiger partial charge is 0.360 e. The maximum atomic E-state index is 3.81. The van der Waals surface area contributed by atoms with Crippen molar-refractivity contribution in [2.45, 2.75) is 6.92 Å². The lowest BCUT2D eigenvalue weighted by molar-refractivity contribution is 1.41. The Kier molecular flexibility index (Phi) is 2.07. The summed E-state index contributed by atoms with van der Waals surface area (Å²) in [6, 6.07) is 8.48. The van der Waals surface area contributed by atoms with Crippen molar-refractivity contribution in [1.82, 2.24) is 0 Å². The van der Waals surface area contributed by atoms with E-state index in [-0.39, 0.29) is 0 Å². The monoisotopic (exact) mass is 189 g/mol. The van der Waals surface area contributed by atoms with Gasteiger partial charge in [-0.25, -0.2) is 0 Å². The molecule has 1 aromatic heterocycles. The van der Waals surface area contributed by atoms with Crippen LogP contribution in [0.3, 0.4) is 0 Å². The van der Waals surface area contributed by atoms with Crippen molar-refractivity contribution in [3.05, 3.63) is 41.9 Å². The maximum absolute atomic E-state index is 3.81. The zero-order valence-corrected chi connectivity index (χ0v) is 8.32. The molecule has 0 atom stereocenters. The molecule has 2 heteroatoms. The fourth-order valence-corrected chi connectivity index (χ4v) is 2.06. The van der Waals surface area contributed by atoms with E-state index in [1.807, 2.05) is 6.92 Å².